The number of piperazine rings is 1. The highest BCUT2D eigenvalue weighted by Crippen LogP contribution is 2.21. The highest BCUT2D eigenvalue weighted by atomic mass is 32.2. The number of amides is 2. The maximum Gasteiger partial charge on any atom is 0.243 e. The first-order valence-electron chi connectivity index (χ1n) is 9.44. The van der Waals surface area contributed by atoms with Gasteiger partial charge < -0.3 is 9.80 Å². The van der Waals surface area contributed by atoms with Crippen LogP contribution in [-0.2, 0) is 19.6 Å². The zero-order valence-electron chi connectivity index (χ0n) is 15.9. The van der Waals surface area contributed by atoms with Crippen molar-refractivity contribution in [1.29, 1.82) is 0 Å². The Hall–Kier alpha value is -1.93. The first-order valence-corrected chi connectivity index (χ1v) is 10.9. The van der Waals surface area contributed by atoms with Crippen molar-refractivity contribution in [2.24, 2.45) is 0 Å². The zero-order chi connectivity index (χ0) is 19.6. The highest BCUT2D eigenvalue weighted by Gasteiger charge is 2.31. The second kappa shape index (κ2) is 7.98. The number of hydrogen-bond acceptors (Lipinski definition) is 4. The van der Waals surface area contributed by atoms with Gasteiger partial charge in [0.1, 0.15) is 0 Å². The van der Waals surface area contributed by atoms with E-state index in [1.807, 2.05) is 12.1 Å². The number of likely N-dealkylation sites (tertiary alicyclic amines) is 1. The summed E-state index contributed by atoms with van der Waals surface area (Å²) < 4.78 is 27.1. The molecule has 0 unspecified atom stereocenters. The monoisotopic (exact) mass is 393 g/mol. The third-order valence-corrected chi connectivity index (χ3v) is 7.19. The fourth-order valence-corrected chi connectivity index (χ4v) is 4.91. The summed E-state index contributed by atoms with van der Waals surface area (Å²) in [6.45, 7) is 6.11. The Bertz CT molecular complexity index is 797. The van der Waals surface area contributed by atoms with Gasteiger partial charge in [-0.25, -0.2) is 8.42 Å². The first-order chi connectivity index (χ1) is 12.8. The molecule has 1 aromatic carbocycles. The van der Waals surface area contributed by atoms with Crippen molar-refractivity contribution in [2.45, 2.75) is 37.5 Å². The highest BCUT2D eigenvalue weighted by molar-refractivity contribution is 7.89. The van der Waals surface area contributed by atoms with Gasteiger partial charge in [-0.05, 0) is 30.0 Å². The van der Waals surface area contributed by atoms with Crippen molar-refractivity contribution in [1.82, 2.24) is 14.1 Å². The van der Waals surface area contributed by atoms with E-state index >= 15 is 0 Å². The summed E-state index contributed by atoms with van der Waals surface area (Å²) in [7, 11) is -3.55. The number of nitrogens with zero attached hydrogens (tertiary/aromatic N) is 3. The van der Waals surface area contributed by atoms with Gasteiger partial charge in [-0.15, -0.1) is 0 Å². The van der Waals surface area contributed by atoms with Gasteiger partial charge in [-0.1, -0.05) is 26.0 Å². The van der Waals surface area contributed by atoms with Gasteiger partial charge in [0.25, 0.3) is 0 Å². The van der Waals surface area contributed by atoms with Crippen LogP contribution < -0.4 is 0 Å². The van der Waals surface area contributed by atoms with Crippen LogP contribution in [-0.4, -0.2) is 73.6 Å². The zero-order valence-corrected chi connectivity index (χ0v) is 16.7. The van der Waals surface area contributed by atoms with Gasteiger partial charge in [0.2, 0.25) is 21.8 Å². The summed E-state index contributed by atoms with van der Waals surface area (Å²) in [6, 6.07) is 7.01. The second-order valence-electron chi connectivity index (χ2n) is 7.43. The van der Waals surface area contributed by atoms with Crippen LogP contribution in [0.5, 0.6) is 0 Å². The van der Waals surface area contributed by atoms with E-state index in [0.29, 0.717) is 32.0 Å². The number of sulfonamides is 1. The normalized spacial score (nSPS) is 19.1. The van der Waals surface area contributed by atoms with Gasteiger partial charge >= 0.3 is 0 Å². The SMILES string of the molecule is CC(C)c1ccc(S(=O)(=O)N2CCN(C(=O)CN3CCCC3=O)CC2)cc1. The minimum absolute atomic E-state index is 0.0226. The molecule has 0 aromatic heterocycles. The van der Waals surface area contributed by atoms with Crippen molar-refractivity contribution in [3.05, 3.63) is 29.8 Å². The standard InChI is InChI=1S/C19H27N3O4S/c1-15(2)16-5-7-17(8-6-16)27(25,26)22-12-10-20(11-13-22)19(24)14-21-9-3-4-18(21)23/h5-8,15H,3-4,9-14H2,1-2H3. The molecular weight excluding hydrogens is 366 g/mol. The molecule has 2 fully saturated rings. The lowest BCUT2D eigenvalue weighted by Crippen LogP contribution is -2.52. The second-order valence-corrected chi connectivity index (χ2v) is 9.37. The smallest absolute Gasteiger partial charge is 0.243 e. The molecule has 0 aliphatic carbocycles. The molecule has 0 spiro atoms. The number of carbonyl (C=O) groups is 2. The number of hydrogen-bond donors (Lipinski definition) is 0. The van der Waals surface area contributed by atoms with E-state index in [9.17, 15) is 18.0 Å². The van der Waals surface area contributed by atoms with E-state index in [1.54, 1.807) is 21.9 Å². The third kappa shape index (κ3) is 4.32. The van der Waals surface area contributed by atoms with Crippen LogP contribution in [0.3, 0.4) is 0 Å². The van der Waals surface area contributed by atoms with E-state index < -0.39 is 10.0 Å². The van der Waals surface area contributed by atoms with Crippen LogP contribution in [0.25, 0.3) is 0 Å². The quantitative estimate of drug-likeness (QED) is 0.755. The van der Waals surface area contributed by atoms with Crippen LogP contribution >= 0.6 is 0 Å². The van der Waals surface area contributed by atoms with Crippen molar-refractivity contribution in [3.63, 3.8) is 0 Å². The topological polar surface area (TPSA) is 78.0 Å². The van der Waals surface area contributed by atoms with Crippen LogP contribution in [0.15, 0.2) is 29.2 Å². The average molecular weight is 394 g/mol. The van der Waals surface area contributed by atoms with Crippen LogP contribution in [0.4, 0.5) is 0 Å². The molecule has 8 heteroatoms. The lowest BCUT2D eigenvalue weighted by molar-refractivity contribution is -0.139. The summed E-state index contributed by atoms with van der Waals surface area (Å²) in [4.78, 5) is 27.6. The molecule has 2 aliphatic heterocycles. The van der Waals surface area contributed by atoms with Crippen LogP contribution in [0.1, 0.15) is 38.2 Å². The lowest BCUT2D eigenvalue weighted by Gasteiger charge is -2.34. The van der Waals surface area contributed by atoms with Crippen molar-refractivity contribution >= 4 is 21.8 Å². The number of carbonyl (C=O) groups excluding carboxylic acids is 2. The lowest BCUT2D eigenvalue weighted by atomic mass is 10.0. The van der Waals surface area contributed by atoms with E-state index in [-0.39, 0.29) is 36.3 Å². The Morgan fingerprint density at radius 1 is 1.04 bits per heavy atom. The molecule has 148 valence electrons. The average Bonchev–Trinajstić information content (AvgIpc) is 3.06. The predicted molar refractivity (Wildman–Crippen MR) is 102 cm³/mol. The Morgan fingerprint density at radius 3 is 2.19 bits per heavy atom. The summed E-state index contributed by atoms with van der Waals surface area (Å²) >= 11 is 0. The Morgan fingerprint density at radius 2 is 1.67 bits per heavy atom. The summed E-state index contributed by atoms with van der Waals surface area (Å²) in [5, 5.41) is 0. The van der Waals surface area contributed by atoms with Crippen LogP contribution in [0, 0.1) is 0 Å². The van der Waals surface area contributed by atoms with Crippen molar-refractivity contribution in [2.75, 3.05) is 39.3 Å². The molecule has 27 heavy (non-hydrogen) atoms. The molecule has 0 bridgehead atoms. The Kier molecular flexibility index (Phi) is 5.86. The molecule has 2 amide bonds. The van der Waals surface area contributed by atoms with E-state index in [0.717, 1.165) is 12.0 Å². The van der Waals surface area contributed by atoms with Crippen molar-refractivity contribution in [3.8, 4) is 0 Å². The fraction of sp³-hybridized carbons (Fsp3) is 0.579. The molecular formula is C19H27N3O4S. The van der Waals surface area contributed by atoms with E-state index in [2.05, 4.69) is 13.8 Å². The summed E-state index contributed by atoms with van der Waals surface area (Å²) in [5.74, 6) is 0.261. The maximum atomic E-state index is 12.8. The van der Waals surface area contributed by atoms with Gasteiger partial charge in [-0.2, -0.15) is 4.31 Å². The first kappa shape index (κ1) is 19.8. The summed E-state index contributed by atoms with van der Waals surface area (Å²) in [6.07, 6.45) is 1.31. The molecule has 2 aliphatic rings. The Labute approximate surface area is 161 Å². The van der Waals surface area contributed by atoms with Gasteiger partial charge in [0.15, 0.2) is 0 Å². The molecule has 7 nitrogen and oxygen atoms in total. The minimum Gasteiger partial charge on any atom is -0.339 e. The van der Waals surface area contributed by atoms with Crippen LogP contribution in [0.2, 0.25) is 0 Å². The van der Waals surface area contributed by atoms with Crippen molar-refractivity contribution < 1.29 is 18.0 Å². The van der Waals surface area contributed by atoms with E-state index in [1.165, 1.54) is 4.31 Å². The number of benzene rings is 1. The Balaban J connectivity index is 1.59. The molecule has 0 atom stereocenters. The molecule has 0 saturated carbocycles. The molecule has 1 aromatic rings. The molecule has 0 N–H and O–H groups in total. The third-order valence-electron chi connectivity index (χ3n) is 5.27. The number of rotatable bonds is 5. The van der Waals surface area contributed by atoms with E-state index in [4.69, 9.17) is 0 Å². The maximum absolute atomic E-state index is 12.8. The predicted octanol–water partition coefficient (Wildman–Crippen LogP) is 1.27. The van der Waals surface area contributed by atoms with Gasteiger partial charge in [-0.3, -0.25) is 9.59 Å². The molecule has 2 saturated heterocycles. The fourth-order valence-electron chi connectivity index (χ4n) is 3.49. The molecule has 2 heterocycles. The van der Waals surface area contributed by atoms with Gasteiger partial charge in [0, 0.05) is 39.1 Å². The van der Waals surface area contributed by atoms with Gasteiger partial charge in [0.05, 0.1) is 11.4 Å². The minimum atomic E-state index is -3.55. The largest absolute Gasteiger partial charge is 0.339 e. The molecule has 3 rings (SSSR count). The molecule has 0 radical (unpaired) electrons. The summed E-state index contributed by atoms with van der Waals surface area (Å²) in [5.41, 5.74) is 1.10.